The topological polar surface area (TPSA) is 67.9 Å². The molecule has 1 unspecified atom stereocenters. The van der Waals surface area contributed by atoms with Crippen molar-refractivity contribution in [2.45, 2.75) is 37.6 Å². The second-order valence-electron chi connectivity index (χ2n) is 8.06. The summed E-state index contributed by atoms with van der Waals surface area (Å²) < 4.78 is 62.2. The summed E-state index contributed by atoms with van der Waals surface area (Å²) in [4.78, 5) is 25.4. The van der Waals surface area contributed by atoms with Crippen LogP contribution in [0.3, 0.4) is 0 Å². The van der Waals surface area contributed by atoms with Crippen LogP contribution in [0.4, 0.5) is 22.4 Å². The molecule has 2 aliphatic heterocycles. The number of alkyl carbamates (subject to hydrolysis) is 1. The van der Waals surface area contributed by atoms with Gasteiger partial charge in [0.1, 0.15) is 12.7 Å². The zero-order valence-corrected chi connectivity index (χ0v) is 15.6. The maximum Gasteiger partial charge on any atom is 0.416 e. The van der Waals surface area contributed by atoms with Crippen molar-refractivity contribution < 1.29 is 36.6 Å². The summed E-state index contributed by atoms with van der Waals surface area (Å²) in [6.07, 6.45) is -4.45. The van der Waals surface area contributed by atoms with Gasteiger partial charge >= 0.3 is 12.3 Å². The molecule has 1 aromatic rings. The first-order chi connectivity index (χ1) is 13.6. The number of likely N-dealkylation sites (tertiary alicyclic amines) is 1. The Kier molecular flexibility index (Phi) is 4.62. The van der Waals surface area contributed by atoms with Crippen molar-refractivity contribution in [3.05, 3.63) is 29.6 Å². The molecule has 1 N–H and O–H groups in total. The van der Waals surface area contributed by atoms with E-state index in [2.05, 4.69) is 5.32 Å². The van der Waals surface area contributed by atoms with E-state index in [4.69, 9.17) is 9.47 Å². The normalized spacial score (nSPS) is 27.7. The van der Waals surface area contributed by atoms with Gasteiger partial charge < -0.3 is 19.7 Å². The summed E-state index contributed by atoms with van der Waals surface area (Å²) in [5, 5.41) is 2.74. The first-order valence-corrected chi connectivity index (χ1v) is 9.33. The third-order valence-corrected chi connectivity index (χ3v) is 5.93. The van der Waals surface area contributed by atoms with E-state index >= 15 is 0 Å². The molecule has 1 aromatic carbocycles. The van der Waals surface area contributed by atoms with Crippen molar-refractivity contribution in [2.24, 2.45) is 11.8 Å². The molecule has 2 saturated heterocycles. The second-order valence-corrected chi connectivity index (χ2v) is 8.06. The molecular formula is C19H20F4N2O4. The summed E-state index contributed by atoms with van der Waals surface area (Å²) >= 11 is 0. The van der Waals surface area contributed by atoms with Crippen LogP contribution in [0.25, 0.3) is 0 Å². The number of hydrogen-bond donors (Lipinski definition) is 1. The lowest BCUT2D eigenvalue weighted by Crippen LogP contribution is -2.62. The van der Waals surface area contributed by atoms with Gasteiger partial charge in [0.25, 0.3) is 0 Å². The van der Waals surface area contributed by atoms with Gasteiger partial charge in [-0.3, -0.25) is 4.79 Å². The lowest BCUT2D eigenvalue weighted by atomic mass is 9.68. The van der Waals surface area contributed by atoms with E-state index in [0.29, 0.717) is 32.0 Å². The number of benzene rings is 1. The lowest BCUT2D eigenvalue weighted by Gasteiger charge is -2.48. The highest BCUT2D eigenvalue weighted by Gasteiger charge is 2.54. The third kappa shape index (κ3) is 3.72. The molecule has 3 aliphatic rings. The molecule has 0 bridgehead atoms. The van der Waals surface area contributed by atoms with Gasteiger partial charge in [0, 0.05) is 24.9 Å². The average Bonchev–Trinajstić information content (AvgIpc) is 2.95. The summed E-state index contributed by atoms with van der Waals surface area (Å²) in [6, 6.07) is 2.16. The number of hydrogen-bond acceptors (Lipinski definition) is 4. The number of carbonyl (C=O) groups excluding carboxylic acids is 2. The van der Waals surface area contributed by atoms with Crippen molar-refractivity contribution >= 4 is 12.0 Å². The number of alkyl halides is 3. The van der Waals surface area contributed by atoms with Crippen LogP contribution in [0.1, 0.15) is 25.3 Å². The summed E-state index contributed by atoms with van der Waals surface area (Å²) in [7, 11) is 0. The lowest BCUT2D eigenvalue weighted by molar-refractivity contribution is -0.149. The standard InChI is InChI=1S/C19H20F4N2O4/c1-10(29-15-3-2-13(4-14(15)20)19(21,22)23)12-7-25(8-12)16(26)11-5-18(6-11)9-28-17(27)24-18/h2-4,10-12H,5-9H2,1H3,(H,24,27)/t10?,11-,18+. The van der Waals surface area contributed by atoms with Gasteiger partial charge in [-0.2, -0.15) is 13.2 Å². The molecule has 29 heavy (non-hydrogen) atoms. The molecule has 1 atom stereocenters. The number of carbonyl (C=O) groups is 2. The molecule has 0 radical (unpaired) electrons. The fraction of sp³-hybridized carbons (Fsp3) is 0.579. The van der Waals surface area contributed by atoms with Crippen LogP contribution in [0.2, 0.25) is 0 Å². The van der Waals surface area contributed by atoms with Gasteiger partial charge in [-0.1, -0.05) is 0 Å². The number of ether oxygens (including phenoxy) is 2. The Morgan fingerprint density at radius 1 is 1.34 bits per heavy atom. The van der Waals surface area contributed by atoms with Crippen LogP contribution in [0.5, 0.6) is 5.75 Å². The Morgan fingerprint density at radius 3 is 2.59 bits per heavy atom. The van der Waals surface area contributed by atoms with Crippen LogP contribution < -0.4 is 10.1 Å². The molecule has 1 spiro atoms. The molecule has 4 rings (SSSR count). The zero-order valence-electron chi connectivity index (χ0n) is 15.6. The van der Waals surface area contributed by atoms with E-state index in [1.54, 1.807) is 11.8 Å². The van der Waals surface area contributed by atoms with E-state index in [1.807, 2.05) is 0 Å². The summed E-state index contributed by atoms with van der Waals surface area (Å²) in [5.74, 6) is -1.51. The molecule has 1 aliphatic carbocycles. The smallest absolute Gasteiger partial charge is 0.416 e. The van der Waals surface area contributed by atoms with E-state index in [0.717, 1.165) is 12.1 Å². The average molecular weight is 416 g/mol. The van der Waals surface area contributed by atoms with Gasteiger partial charge in [0.05, 0.1) is 11.1 Å². The van der Waals surface area contributed by atoms with Gasteiger partial charge in [-0.05, 0) is 38.0 Å². The SMILES string of the molecule is CC(Oc1ccc(C(F)(F)F)cc1F)C1CN(C(=O)[C@H]2C[C@]3(COC(=O)N3)C2)C1. The van der Waals surface area contributed by atoms with Crippen LogP contribution in [0, 0.1) is 17.7 Å². The number of amides is 2. The number of cyclic esters (lactones) is 1. The Bertz CT molecular complexity index is 832. The van der Waals surface area contributed by atoms with E-state index in [9.17, 15) is 27.2 Å². The Hall–Kier alpha value is -2.52. The van der Waals surface area contributed by atoms with Crippen molar-refractivity contribution in [3.8, 4) is 5.75 Å². The largest absolute Gasteiger partial charge is 0.487 e. The van der Waals surface area contributed by atoms with Crippen LogP contribution in [-0.4, -0.2) is 48.2 Å². The molecule has 3 fully saturated rings. The molecular weight excluding hydrogens is 396 g/mol. The number of nitrogens with zero attached hydrogens (tertiary/aromatic N) is 1. The number of halogens is 4. The quantitative estimate of drug-likeness (QED) is 0.767. The van der Waals surface area contributed by atoms with Gasteiger partial charge in [-0.15, -0.1) is 0 Å². The summed E-state index contributed by atoms with van der Waals surface area (Å²) in [6.45, 7) is 2.86. The van der Waals surface area contributed by atoms with Crippen molar-refractivity contribution in [1.29, 1.82) is 0 Å². The Labute approximate surface area is 164 Å². The number of rotatable bonds is 4. The molecule has 0 aromatic heterocycles. The van der Waals surface area contributed by atoms with Crippen LogP contribution in [0.15, 0.2) is 18.2 Å². The van der Waals surface area contributed by atoms with Crippen molar-refractivity contribution in [2.75, 3.05) is 19.7 Å². The van der Waals surface area contributed by atoms with E-state index in [1.165, 1.54) is 0 Å². The second kappa shape index (κ2) is 6.77. The fourth-order valence-electron chi connectivity index (χ4n) is 4.09. The molecule has 10 heteroatoms. The molecule has 2 heterocycles. The van der Waals surface area contributed by atoms with Gasteiger partial charge in [0.15, 0.2) is 11.6 Å². The predicted molar refractivity (Wildman–Crippen MR) is 91.5 cm³/mol. The van der Waals surface area contributed by atoms with Crippen molar-refractivity contribution in [1.82, 2.24) is 10.2 Å². The zero-order chi connectivity index (χ0) is 21.0. The molecule has 1 saturated carbocycles. The van der Waals surface area contributed by atoms with E-state index < -0.39 is 35.3 Å². The fourth-order valence-corrected chi connectivity index (χ4v) is 4.09. The molecule has 2 amide bonds. The predicted octanol–water partition coefficient (Wildman–Crippen LogP) is 2.96. The highest BCUT2D eigenvalue weighted by atomic mass is 19.4. The minimum absolute atomic E-state index is 0.000865. The van der Waals surface area contributed by atoms with E-state index in [-0.39, 0.29) is 30.1 Å². The molecule has 6 nitrogen and oxygen atoms in total. The first kappa shape index (κ1) is 19.8. The first-order valence-electron chi connectivity index (χ1n) is 9.33. The Morgan fingerprint density at radius 2 is 2.03 bits per heavy atom. The number of nitrogens with one attached hydrogen (secondary N) is 1. The minimum atomic E-state index is -4.62. The van der Waals surface area contributed by atoms with Gasteiger partial charge in [0.2, 0.25) is 5.91 Å². The molecule has 158 valence electrons. The Balaban J connectivity index is 1.26. The maximum absolute atomic E-state index is 13.9. The van der Waals surface area contributed by atoms with Crippen molar-refractivity contribution in [3.63, 3.8) is 0 Å². The summed E-state index contributed by atoms with van der Waals surface area (Å²) in [5.41, 5.74) is -1.49. The third-order valence-electron chi connectivity index (χ3n) is 5.93. The van der Waals surface area contributed by atoms with Crippen LogP contribution in [-0.2, 0) is 15.7 Å². The minimum Gasteiger partial charge on any atom is -0.487 e. The highest BCUT2D eigenvalue weighted by Crippen LogP contribution is 2.42. The van der Waals surface area contributed by atoms with Crippen LogP contribution >= 0.6 is 0 Å². The maximum atomic E-state index is 13.9. The van der Waals surface area contributed by atoms with Gasteiger partial charge in [-0.25, -0.2) is 9.18 Å². The highest BCUT2D eigenvalue weighted by molar-refractivity contribution is 5.82. The monoisotopic (exact) mass is 416 g/mol.